The van der Waals surface area contributed by atoms with Gasteiger partial charge in [-0.25, -0.2) is 0 Å². The van der Waals surface area contributed by atoms with Crippen LogP contribution in [0, 0.1) is 3.57 Å². The predicted octanol–water partition coefficient (Wildman–Crippen LogP) is 4.55. The van der Waals surface area contributed by atoms with Crippen molar-refractivity contribution in [1.82, 2.24) is 0 Å². The monoisotopic (exact) mass is 542 g/mol. The Morgan fingerprint density at radius 1 is 1.04 bits per heavy atom. The molecule has 0 fully saturated rings. The normalized spacial score (nSPS) is 12.6. The summed E-state index contributed by atoms with van der Waals surface area (Å²) in [5, 5.41) is 2.19. The fourth-order valence-electron chi connectivity index (χ4n) is 2.03. The van der Waals surface area contributed by atoms with Crippen LogP contribution in [0.5, 0.6) is 0 Å². The molecule has 1 atom stereocenters. The molecule has 0 saturated heterocycles. The van der Waals surface area contributed by atoms with E-state index in [1.54, 1.807) is 0 Å². The molecule has 7 heteroatoms. The van der Waals surface area contributed by atoms with E-state index in [-0.39, 0.29) is 0 Å². The SMILES string of the molecule is CO[C@H](c1ccc2ccccc2c1I)I(OC(C)=O)OC(C)=O. The zero-order valence-electron chi connectivity index (χ0n) is 12.8. The van der Waals surface area contributed by atoms with Gasteiger partial charge in [-0.2, -0.15) is 0 Å². The number of carbonyl (C=O) groups excluding carboxylic acids is 2. The molecule has 0 aliphatic rings. The topological polar surface area (TPSA) is 61.8 Å². The molecular weight excluding hydrogens is 526 g/mol. The summed E-state index contributed by atoms with van der Waals surface area (Å²) in [5.74, 6) is -0.955. The minimum atomic E-state index is -2.93. The molecule has 0 heterocycles. The van der Waals surface area contributed by atoms with Crippen molar-refractivity contribution < 1.29 is 20.5 Å². The molecule has 2 aromatic carbocycles. The molecule has 23 heavy (non-hydrogen) atoms. The first kappa shape index (κ1) is 18.4. The molecule has 5 nitrogen and oxygen atoms in total. The second-order valence-electron chi connectivity index (χ2n) is 4.62. The third kappa shape index (κ3) is 4.54. The van der Waals surface area contributed by atoms with Gasteiger partial charge in [-0.1, -0.05) is 0 Å². The van der Waals surface area contributed by atoms with Crippen LogP contribution in [0.3, 0.4) is 0 Å². The van der Waals surface area contributed by atoms with Gasteiger partial charge in [-0.3, -0.25) is 0 Å². The molecule has 2 aromatic rings. The van der Waals surface area contributed by atoms with Gasteiger partial charge in [0.25, 0.3) is 0 Å². The number of alkyl halides is 1. The minimum absolute atomic E-state index is 0.478. The second kappa shape index (κ2) is 8.25. The van der Waals surface area contributed by atoms with Crippen LogP contribution in [0.4, 0.5) is 0 Å². The van der Waals surface area contributed by atoms with E-state index in [2.05, 4.69) is 22.6 Å². The fraction of sp³-hybridized carbons (Fsp3) is 0.250. The van der Waals surface area contributed by atoms with Crippen molar-refractivity contribution in [3.05, 3.63) is 45.5 Å². The summed E-state index contributed by atoms with van der Waals surface area (Å²) in [4.78, 5) is 22.7. The van der Waals surface area contributed by atoms with Crippen LogP contribution in [0.15, 0.2) is 36.4 Å². The Morgan fingerprint density at radius 2 is 1.65 bits per heavy atom. The van der Waals surface area contributed by atoms with E-state index in [4.69, 9.17) is 10.9 Å². The maximum atomic E-state index is 11.4. The van der Waals surface area contributed by atoms with Crippen molar-refractivity contribution in [3.8, 4) is 0 Å². The van der Waals surface area contributed by atoms with Crippen LogP contribution in [0.25, 0.3) is 10.8 Å². The Morgan fingerprint density at radius 3 is 2.22 bits per heavy atom. The Kier molecular flexibility index (Phi) is 6.60. The standard InChI is InChI=1S/C16H16I2O5/c1-10(19)22-18(23-11(2)20)16(21-3)14-9-8-12-6-4-5-7-13(12)15(14)17/h4-9,16H,1-3H3/t16-/m1/s1. The van der Waals surface area contributed by atoms with Crippen molar-refractivity contribution in [1.29, 1.82) is 0 Å². The Hall–Kier alpha value is -0.940. The van der Waals surface area contributed by atoms with Gasteiger partial charge >= 0.3 is 157 Å². The summed E-state index contributed by atoms with van der Waals surface area (Å²) in [5.41, 5.74) is 0.861. The van der Waals surface area contributed by atoms with Crippen LogP contribution < -0.4 is 0 Å². The fourth-order valence-corrected chi connectivity index (χ4v) is 6.84. The van der Waals surface area contributed by atoms with Crippen molar-refractivity contribution in [2.75, 3.05) is 7.11 Å². The molecule has 0 N–H and O–H groups in total. The predicted molar refractivity (Wildman–Crippen MR) is 104 cm³/mol. The van der Waals surface area contributed by atoms with E-state index in [9.17, 15) is 9.59 Å². The van der Waals surface area contributed by atoms with Crippen molar-refractivity contribution >= 4 is 66.0 Å². The zero-order valence-corrected chi connectivity index (χ0v) is 17.2. The quantitative estimate of drug-likeness (QED) is 0.410. The second-order valence-corrected chi connectivity index (χ2v) is 9.09. The molecule has 0 aliphatic carbocycles. The van der Waals surface area contributed by atoms with E-state index in [0.29, 0.717) is 0 Å². The molecule has 0 aliphatic heterocycles. The number of hydrogen-bond acceptors (Lipinski definition) is 5. The van der Waals surface area contributed by atoms with Crippen LogP contribution in [0.1, 0.15) is 23.5 Å². The molecule has 0 bridgehead atoms. The van der Waals surface area contributed by atoms with E-state index >= 15 is 0 Å². The van der Waals surface area contributed by atoms with Crippen LogP contribution >= 0.6 is 43.2 Å². The Balaban J connectivity index is 2.47. The Bertz CT molecular complexity index is 715. The van der Waals surface area contributed by atoms with E-state index in [1.807, 2.05) is 36.4 Å². The molecule has 0 unspecified atom stereocenters. The van der Waals surface area contributed by atoms with Gasteiger partial charge in [0.05, 0.1) is 0 Å². The summed E-state index contributed by atoms with van der Waals surface area (Å²) in [6.45, 7) is 2.60. The number of methoxy groups -OCH3 is 1. The van der Waals surface area contributed by atoms with Gasteiger partial charge in [0.2, 0.25) is 0 Å². The van der Waals surface area contributed by atoms with Gasteiger partial charge in [0, 0.05) is 0 Å². The number of halogens is 2. The number of hydrogen-bond donors (Lipinski definition) is 0. The van der Waals surface area contributed by atoms with E-state index < -0.39 is 36.7 Å². The summed E-state index contributed by atoms with van der Waals surface area (Å²) in [6.07, 6.45) is 0. The van der Waals surface area contributed by atoms with Gasteiger partial charge in [-0.05, 0) is 0 Å². The number of rotatable bonds is 5. The average molecular weight is 542 g/mol. The van der Waals surface area contributed by atoms with Crippen molar-refractivity contribution in [2.45, 2.75) is 18.0 Å². The molecule has 2 rings (SSSR count). The number of benzene rings is 2. The van der Waals surface area contributed by atoms with Gasteiger partial charge < -0.3 is 0 Å². The first-order chi connectivity index (χ1) is 10.9. The maximum absolute atomic E-state index is 11.4. The van der Waals surface area contributed by atoms with Crippen LogP contribution in [0.2, 0.25) is 0 Å². The number of carbonyl (C=O) groups is 2. The first-order valence-corrected chi connectivity index (χ1v) is 10.8. The third-order valence-corrected chi connectivity index (χ3v) is 8.29. The molecule has 0 aromatic heterocycles. The molecule has 0 radical (unpaired) electrons. The average Bonchev–Trinajstić information content (AvgIpc) is 2.49. The van der Waals surface area contributed by atoms with Gasteiger partial charge in [-0.15, -0.1) is 0 Å². The first-order valence-electron chi connectivity index (χ1n) is 6.70. The number of ether oxygens (including phenoxy) is 1. The summed E-state index contributed by atoms with van der Waals surface area (Å²) < 4.78 is 16.5. The number of fused-ring (bicyclic) bond motifs is 1. The summed E-state index contributed by atoms with van der Waals surface area (Å²) in [7, 11) is 1.52. The molecular formula is C16H16I2O5. The zero-order chi connectivity index (χ0) is 17.0. The van der Waals surface area contributed by atoms with Crippen molar-refractivity contribution in [2.24, 2.45) is 0 Å². The molecule has 0 spiro atoms. The van der Waals surface area contributed by atoms with Crippen LogP contribution in [-0.4, -0.2) is 19.0 Å². The third-order valence-electron chi connectivity index (χ3n) is 2.88. The van der Waals surface area contributed by atoms with E-state index in [0.717, 1.165) is 19.9 Å². The summed E-state index contributed by atoms with van der Waals surface area (Å²) >= 11 is -0.687. The van der Waals surface area contributed by atoms with Crippen molar-refractivity contribution in [3.63, 3.8) is 0 Å². The van der Waals surface area contributed by atoms with Crippen LogP contribution in [-0.2, 0) is 20.5 Å². The summed E-state index contributed by atoms with van der Waals surface area (Å²) in [6, 6.07) is 11.9. The molecule has 124 valence electrons. The molecule has 0 amide bonds. The Labute approximate surface area is 156 Å². The molecule has 0 saturated carbocycles. The van der Waals surface area contributed by atoms with Gasteiger partial charge in [0.15, 0.2) is 0 Å². The van der Waals surface area contributed by atoms with Gasteiger partial charge in [0.1, 0.15) is 0 Å². The van der Waals surface area contributed by atoms with E-state index in [1.165, 1.54) is 21.0 Å².